The smallest absolute Gasteiger partial charge is 0.0915 e. The molecular weight excluding hydrogens is 178 g/mol. The van der Waals surface area contributed by atoms with E-state index in [4.69, 9.17) is 0 Å². The van der Waals surface area contributed by atoms with Gasteiger partial charge < -0.3 is 10.4 Å². The van der Waals surface area contributed by atoms with Gasteiger partial charge in [-0.2, -0.15) is 5.10 Å². The molecule has 4 heteroatoms. The average Bonchev–Trinajstić information content (AvgIpc) is 2.64. The number of rotatable bonds is 3. The molecule has 0 aromatic carbocycles. The monoisotopic (exact) mass is 191 g/mol. The maximum atomic E-state index is 9.73. The van der Waals surface area contributed by atoms with E-state index in [9.17, 15) is 5.11 Å². The summed E-state index contributed by atoms with van der Waals surface area (Å²) >= 11 is 0. The summed E-state index contributed by atoms with van der Waals surface area (Å²) in [7, 11) is 1.82. The number of fused-ring (bicyclic) bond motifs is 1. The Labute approximate surface area is 82.2 Å². The average molecular weight is 191 g/mol. The highest BCUT2D eigenvalue weighted by molar-refractivity contribution is 5.47. The van der Waals surface area contributed by atoms with Crippen LogP contribution in [0.4, 0.5) is 0 Å². The number of likely N-dealkylation sites (N-methyl/N-ethyl adjacent to an activating group) is 1. The lowest BCUT2D eigenvalue weighted by Crippen LogP contribution is -2.16. The first-order valence-corrected chi connectivity index (χ1v) is 4.57. The minimum Gasteiger partial charge on any atom is -0.387 e. The van der Waals surface area contributed by atoms with Crippen LogP contribution in [-0.4, -0.2) is 28.3 Å². The molecule has 2 N–H and O–H groups in total. The lowest BCUT2D eigenvalue weighted by Gasteiger charge is -2.09. The minimum absolute atomic E-state index is 0.458. The molecule has 2 aromatic heterocycles. The van der Waals surface area contributed by atoms with Crippen molar-refractivity contribution in [3.8, 4) is 0 Å². The SMILES string of the molecule is CNCC(O)c1ccn2nccc2c1. The molecule has 2 aromatic rings. The highest BCUT2D eigenvalue weighted by Gasteiger charge is 2.06. The molecule has 74 valence electrons. The summed E-state index contributed by atoms with van der Waals surface area (Å²) in [6.07, 6.45) is 3.13. The zero-order chi connectivity index (χ0) is 9.97. The quantitative estimate of drug-likeness (QED) is 0.746. The molecule has 0 saturated carbocycles. The third kappa shape index (κ3) is 1.62. The first kappa shape index (κ1) is 9.18. The summed E-state index contributed by atoms with van der Waals surface area (Å²) in [5.41, 5.74) is 1.91. The summed E-state index contributed by atoms with van der Waals surface area (Å²) in [6.45, 7) is 0.560. The van der Waals surface area contributed by atoms with Crippen molar-refractivity contribution < 1.29 is 5.11 Å². The minimum atomic E-state index is -0.458. The van der Waals surface area contributed by atoms with Crippen molar-refractivity contribution in [2.24, 2.45) is 0 Å². The van der Waals surface area contributed by atoms with Gasteiger partial charge in [0.1, 0.15) is 0 Å². The van der Waals surface area contributed by atoms with Gasteiger partial charge in [0.25, 0.3) is 0 Å². The van der Waals surface area contributed by atoms with Gasteiger partial charge in [0, 0.05) is 18.9 Å². The lowest BCUT2D eigenvalue weighted by molar-refractivity contribution is 0.178. The molecule has 2 heterocycles. The molecule has 0 spiro atoms. The molecule has 4 nitrogen and oxygen atoms in total. The molecule has 14 heavy (non-hydrogen) atoms. The molecule has 0 fully saturated rings. The van der Waals surface area contributed by atoms with Gasteiger partial charge in [-0.05, 0) is 30.8 Å². The summed E-state index contributed by atoms with van der Waals surface area (Å²) in [6, 6.07) is 5.73. The predicted octanol–water partition coefficient (Wildman–Crippen LogP) is 0.587. The van der Waals surface area contributed by atoms with Crippen LogP contribution in [0.1, 0.15) is 11.7 Å². The van der Waals surface area contributed by atoms with Crippen molar-refractivity contribution in [1.82, 2.24) is 14.9 Å². The number of nitrogens with zero attached hydrogens (tertiary/aromatic N) is 2. The normalized spacial score (nSPS) is 13.3. The number of aliphatic hydroxyl groups excluding tert-OH is 1. The Hall–Kier alpha value is -1.39. The van der Waals surface area contributed by atoms with Crippen LogP contribution in [0.3, 0.4) is 0 Å². The molecule has 1 unspecified atom stereocenters. The molecule has 1 atom stereocenters. The summed E-state index contributed by atoms with van der Waals surface area (Å²) in [5.74, 6) is 0. The van der Waals surface area contributed by atoms with Crippen LogP contribution in [0.5, 0.6) is 0 Å². The third-order valence-electron chi connectivity index (χ3n) is 2.21. The van der Waals surface area contributed by atoms with Gasteiger partial charge in [-0.15, -0.1) is 0 Å². The Balaban J connectivity index is 2.33. The maximum Gasteiger partial charge on any atom is 0.0915 e. The van der Waals surface area contributed by atoms with Crippen LogP contribution < -0.4 is 5.32 Å². The molecule has 2 rings (SSSR count). The Morgan fingerprint density at radius 1 is 1.57 bits per heavy atom. The number of aliphatic hydroxyl groups is 1. The van der Waals surface area contributed by atoms with Crippen LogP contribution in [0, 0.1) is 0 Å². The first-order chi connectivity index (χ1) is 6.81. The van der Waals surface area contributed by atoms with Gasteiger partial charge in [-0.3, -0.25) is 0 Å². The lowest BCUT2D eigenvalue weighted by atomic mass is 10.1. The second kappa shape index (κ2) is 3.77. The second-order valence-electron chi connectivity index (χ2n) is 3.23. The zero-order valence-electron chi connectivity index (χ0n) is 8.01. The largest absolute Gasteiger partial charge is 0.387 e. The molecule has 0 aliphatic heterocycles. The number of hydrogen-bond acceptors (Lipinski definition) is 3. The number of pyridine rings is 1. The van der Waals surface area contributed by atoms with E-state index in [1.54, 1.807) is 10.7 Å². The van der Waals surface area contributed by atoms with E-state index < -0.39 is 6.10 Å². The fourth-order valence-corrected chi connectivity index (χ4v) is 1.46. The van der Waals surface area contributed by atoms with Crippen molar-refractivity contribution in [1.29, 1.82) is 0 Å². The van der Waals surface area contributed by atoms with E-state index >= 15 is 0 Å². The van der Waals surface area contributed by atoms with Crippen molar-refractivity contribution in [2.45, 2.75) is 6.10 Å². The fourth-order valence-electron chi connectivity index (χ4n) is 1.46. The fraction of sp³-hybridized carbons (Fsp3) is 0.300. The van der Waals surface area contributed by atoms with Gasteiger partial charge in [0.05, 0.1) is 11.6 Å². The van der Waals surface area contributed by atoms with E-state index in [-0.39, 0.29) is 0 Å². The highest BCUT2D eigenvalue weighted by Crippen LogP contribution is 2.14. The number of hydrogen-bond donors (Lipinski definition) is 2. The molecule has 0 aliphatic carbocycles. The summed E-state index contributed by atoms with van der Waals surface area (Å²) in [5, 5.41) is 16.7. The van der Waals surface area contributed by atoms with Crippen molar-refractivity contribution >= 4 is 5.52 Å². The predicted molar refractivity (Wildman–Crippen MR) is 54.1 cm³/mol. The van der Waals surface area contributed by atoms with Crippen LogP contribution >= 0.6 is 0 Å². The maximum absolute atomic E-state index is 9.73. The topological polar surface area (TPSA) is 49.6 Å². The summed E-state index contributed by atoms with van der Waals surface area (Å²) < 4.78 is 1.77. The van der Waals surface area contributed by atoms with Gasteiger partial charge in [0.15, 0.2) is 0 Å². The van der Waals surface area contributed by atoms with Crippen molar-refractivity contribution in [3.05, 3.63) is 36.2 Å². The second-order valence-corrected chi connectivity index (χ2v) is 3.23. The first-order valence-electron chi connectivity index (χ1n) is 4.57. The van der Waals surface area contributed by atoms with Crippen LogP contribution in [0.15, 0.2) is 30.6 Å². The van der Waals surface area contributed by atoms with Gasteiger partial charge in [-0.25, -0.2) is 4.52 Å². The number of aromatic nitrogens is 2. The molecule has 0 bridgehead atoms. The van der Waals surface area contributed by atoms with E-state index in [1.165, 1.54) is 0 Å². The molecule has 0 radical (unpaired) electrons. The van der Waals surface area contributed by atoms with Crippen LogP contribution in [0.2, 0.25) is 0 Å². The Bertz CT molecular complexity index is 424. The van der Waals surface area contributed by atoms with E-state index in [2.05, 4.69) is 10.4 Å². The Kier molecular flexibility index (Phi) is 2.47. The Morgan fingerprint density at radius 2 is 2.43 bits per heavy atom. The molecule has 0 saturated heterocycles. The van der Waals surface area contributed by atoms with Crippen molar-refractivity contribution in [2.75, 3.05) is 13.6 Å². The zero-order valence-corrected chi connectivity index (χ0v) is 8.01. The van der Waals surface area contributed by atoms with Gasteiger partial charge >= 0.3 is 0 Å². The number of nitrogens with one attached hydrogen (secondary N) is 1. The molecule has 0 amide bonds. The highest BCUT2D eigenvalue weighted by atomic mass is 16.3. The Morgan fingerprint density at radius 3 is 3.21 bits per heavy atom. The van der Waals surface area contributed by atoms with Crippen LogP contribution in [0.25, 0.3) is 5.52 Å². The molecular formula is C10H13N3O. The van der Waals surface area contributed by atoms with E-state index in [0.29, 0.717) is 6.54 Å². The van der Waals surface area contributed by atoms with Gasteiger partial charge in [-0.1, -0.05) is 0 Å². The van der Waals surface area contributed by atoms with Crippen LogP contribution in [-0.2, 0) is 0 Å². The standard InChI is InChI=1S/C10H13N3O/c1-11-7-10(14)8-3-5-13-9(6-8)2-4-12-13/h2-6,10-11,14H,7H2,1H3. The van der Waals surface area contributed by atoms with Crippen molar-refractivity contribution in [3.63, 3.8) is 0 Å². The molecule has 0 aliphatic rings. The van der Waals surface area contributed by atoms with Gasteiger partial charge in [0.2, 0.25) is 0 Å². The summed E-state index contributed by atoms with van der Waals surface area (Å²) in [4.78, 5) is 0. The van der Waals surface area contributed by atoms with E-state index in [0.717, 1.165) is 11.1 Å². The third-order valence-corrected chi connectivity index (χ3v) is 2.21. The van der Waals surface area contributed by atoms with E-state index in [1.807, 2.05) is 31.4 Å².